The Kier molecular flexibility index (Phi) is 18.4. The van der Waals surface area contributed by atoms with E-state index in [1.807, 2.05) is 84.9 Å². The molecule has 4 N–H and O–H groups in total. The number of aromatic amines is 2. The molecule has 2 fully saturated rings. The molecule has 2 aliphatic heterocycles. The monoisotopic (exact) mass is 1020 g/mol. The Hall–Kier alpha value is -7.86. The van der Waals surface area contributed by atoms with E-state index in [2.05, 4.69) is 43.6 Å². The van der Waals surface area contributed by atoms with E-state index in [4.69, 9.17) is 18.9 Å². The quantitative estimate of drug-likeness (QED) is 0.0381. The third-order valence-electron chi connectivity index (χ3n) is 14.2. The number of para-hydroxylation sites is 1. The lowest BCUT2D eigenvalue weighted by Gasteiger charge is -2.52. The number of nitrogens with zero attached hydrogens (tertiary/aromatic N) is 6. The number of unbranched alkanes of at least 4 members (excludes halogenated alkanes) is 1. The molecule has 396 valence electrons. The largest absolute Gasteiger partial charge is 0.497 e. The van der Waals surface area contributed by atoms with Crippen LogP contribution in [0, 0.1) is 0 Å². The number of H-pyrrole nitrogens is 2. The van der Waals surface area contributed by atoms with Crippen LogP contribution in [0.1, 0.15) is 72.2 Å². The average molecular weight is 1020 g/mol. The number of nitrogens with one attached hydrogen (secondary N) is 4. The van der Waals surface area contributed by atoms with Gasteiger partial charge in [-0.25, -0.2) is 29.6 Å². The van der Waals surface area contributed by atoms with Gasteiger partial charge in [-0.2, -0.15) is 0 Å². The number of amides is 6. The number of carbonyl (C=O) groups is 4. The highest BCUT2D eigenvalue weighted by Crippen LogP contribution is 2.38. The second kappa shape index (κ2) is 25.9. The lowest BCUT2D eigenvalue weighted by atomic mass is 9.84. The fourth-order valence-corrected chi connectivity index (χ4v) is 9.95. The summed E-state index contributed by atoms with van der Waals surface area (Å²) < 4.78 is 23.3. The van der Waals surface area contributed by atoms with Crippen molar-refractivity contribution in [3.63, 3.8) is 0 Å². The number of rotatable bonds is 23. The Labute approximate surface area is 439 Å². The Morgan fingerprint density at radius 2 is 1.33 bits per heavy atom. The normalized spacial score (nSPS) is 15.0. The molecule has 2 unspecified atom stereocenters. The minimum absolute atomic E-state index is 0.0194. The zero-order valence-corrected chi connectivity index (χ0v) is 43.4. The second-order valence-electron chi connectivity index (χ2n) is 19.1. The number of ether oxygens (including phenoxy) is 4. The van der Waals surface area contributed by atoms with E-state index in [0.717, 1.165) is 46.5 Å². The Morgan fingerprint density at radius 3 is 1.93 bits per heavy atom. The minimum atomic E-state index is -1.27. The van der Waals surface area contributed by atoms with Gasteiger partial charge < -0.3 is 49.3 Å². The molecule has 2 aliphatic rings. The number of likely N-dealkylation sites (tertiary alicyclic amines) is 2. The molecule has 6 amide bonds. The predicted octanol–water partition coefficient (Wildman–Crippen LogP) is 7.07. The molecule has 2 saturated heterocycles. The number of benzene rings is 4. The van der Waals surface area contributed by atoms with Crippen LogP contribution < -0.4 is 24.8 Å². The maximum absolute atomic E-state index is 15.6. The number of piperidine rings is 1. The van der Waals surface area contributed by atoms with Crippen LogP contribution >= 0.6 is 0 Å². The highest BCUT2D eigenvalue weighted by Gasteiger charge is 2.51. The highest BCUT2D eigenvalue weighted by molar-refractivity contribution is 5.91. The molecule has 0 saturated carbocycles. The summed E-state index contributed by atoms with van der Waals surface area (Å²) in [5.41, 5.74) is 4.24. The van der Waals surface area contributed by atoms with Crippen LogP contribution in [0.3, 0.4) is 0 Å². The van der Waals surface area contributed by atoms with Crippen LogP contribution in [0.2, 0.25) is 0 Å². The number of aromatic nitrogens is 4. The van der Waals surface area contributed by atoms with Crippen molar-refractivity contribution in [1.82, 2.24) is 50.4 Å². The molecule has 4 aromatic carbocycles. The lowest BCUT2D eigenvalue weighted by molar-refractivity contribution is -0.179. The van der Waals surface area contributed by atoms with Gasteiger partial charge in [0.15, 0.2) is 0 Å². The molecule has 0 aliphatic carbocycles. The van der Waals surface area contributed by atoms with Crippen molar-refractivity contribution in [2.24, 2.45) is 0 Å². The Balaban J connectivity index is 1.16. The SMILES string of the molecule is CCCCOC1(c2ccccc2)CN(C(=O)C(Cc2ccc(OC)cc2)N(C(=O)NCCc2cnc[nH]2)N(CCc2cnc[nH]2)C(=O)NC(Cc2ccc(OC)cc2)C(=O)N2CCC(c3ccccc3OC)CC2)C1. The fraction of sp³-hybridized carbons (Fsp3) is 0.404. The average Bonchev–Trinajstić information content (AvgIpc) is 4.18. The van der Waals surface area contributed by atoms with Gasteiger partial charge in [0.2, 0.25) is 11.8 Å². The molecule has 2 aromatic heterocycles. The third kappa shape index (κ3) is 13.5. The van der Waals surface area contributed by atoms with Gasteiger partial charge in [0.05, 0.1) is 53.6 Å². The molecule has 75 heavy (non-hydrogen) atoms. The third-order valence-corrected chi connectivity index (χ3v) is 14.2. The van der Waals surface area contributed by atoms with Crippen molar-refractivity contribution in [1.29, 1.82) is 0 Å². The number of imidazole rings is 2. The van der Waals surface area contributed by atoms with Gasteiger partial charge in [-0.05, 0) is 77.8 Å². The van der Waals surface area contributed by atoms with E-state index in [0.29, 0.717) is 56.2 Å². The summed E-state index contributed by atoms with van der Waals surface area (Å²) >= 11 is 0. The van der Waals surface area contributed by atoms with E-state index in [9.17, 15) is 0 Å². The van der Waals surface area contributed by atoms with Crippen LogP contribution in [0.25, 0.3) is 0 Å². The van der Waals surface area contributed by atoms with Gasteiger partial charge in [0.25, 0.3) is 0 Å². The molecule has 4 heterocycles. The van der Waals surface area contributed by atoms with Gasteiger partial charge in [-0.15, -0.1) is 0 Å². The first-order valence-electron chi connectivity index (χ1n) is 25.9. The molecule has 0 radical (unpaired) electrons. The molecular weight excluding hydrogens is 953 g/mol. The lowest BCUT2D eigenvalue weighted by Crippen LogP contribution is -2.69. The fourth-order valence-electron chi connectivity index (χ4n) is 9.95. The number of methoxy groups -OCH3 is 3. The van der Waals surface area contributed by atoms with Crippen LogP contribution in [-0.4, -0.2) is 143 Å². The van der Waals surface area contributed by atoms with Gasteiger partial charge in [0.1, 0.15) is 34.9 Å². The van der Waals surface area contributed by atoms with Crippen molar-refractivity contribution in [2.45, 2.75) is 81.9 Å². The zero-order valence-electron chi connectivity index (χ0n) is 43.4. The topological polar surface area (TPSA) is 200 Å². The number of hydrogen-bond acceptors (Lipinski definition) is 10. The highest BCUT2D eigenvalue weighted by atomic mass is 16.5. The van der Waals surface area contributed by atoms with Gasteiger partial charge >= 0.3 is 12.1 Å². The van der Waals surface area contributed by atoms with Crippen LogP contribution in [0.4, 0.5) is 9.59 Å². The number of hydrogen-bond donors (Lipinski definition) is 4. The summed E-state index contributed by atoms with van der Waals surface area (Å²) in [5.74, 6) is 1.59. The number of carbonyl (C=O) groups excluding carboxylic acids is 4. The molecule has 0 spiro atoms. The summed E-state index contributed by atoms with van der Waals surface area (Å²) in [4.78, 5) is 79.7. The first kappa shape index (κ1) is 53.4. The number of urea groups is 2. The van der Waals surface area contributed by atoms with Gasteiger partial charge in [0, 0.05) is 75.7 Å². The minimum Gasteiger partial charge on any atom is -0.497 e. The molecule has 2 atom stereocenters. The summed E-state index contributed by atoms with van der Waals surface area (Å²) in [6.07, 6.45) is 10.4. The van der Waals surface area contributed by atoms with Crippen LogP contribution in [-0.2, 0) is 45.6 Å². The summed E-state index contributed by atoms with van der Waals surface area (Å²) in [6, 6.07) is 28.7. The van der Waals surface area contributed by atoms with E-state index in [1.165, 1.54) is 10.0 Å². The molecule has 0 bridgehead atoms. The van der Waals surface area contributed by atoms with Crippen molar-refractivity contribution < 1.29 is 38.1 Å². The van der Waals surface area contributed by atoms with Crippen LogP contribution in [0.5, 0.6) is 17.2 Å². The summed E-state index contributed by atoms with van der Waals surface area (Å²) in [6.45, 7) is 4.01. The van der Waals surface area contributed by atoms with E-state index < -0.39 is 29.7 Å². The molecule has 18 heteroatoms. The van der Waals surface area contributed by atoms with Gasteiger partial charge in [-0.3, -0.25) is 9.59 Å². The van der Waals surface area contributed by atoms with E-state index in [-0.39, 0.29) is 63.2 Å². The zero-order chi connectivity index (χ0) is 52.6. The van der Waals surface area contributed by atoms with Crippen molar-refractivity contribution in [3.05, 3.63) is 162 Å². The Morgan fingerprint density at radius 1 is 0.720 bits per heavy atom. The number of hydrazine groups is 1. The molecule has 6 aromatic rings. The van der Waals surface area contributed by atoms with Gasteiger partial charge in [-0.1, -0.05) is 86.1 Å². The first-order valence-corrected chi connectivity index (χ1v) is 25.9. The molecular formula is C57H70N10O8. The summed E-state index contributed by atoms with van der Waals surface area (Å²) in [7, 11) is 4.83. The van der Waals surface area contributed by atoms with Crippen molar-refractivity contribution in [2.75, 3.05) is 67.2 Å². The second-order valence-corrected chi connectivity index (χ2v) is 19.1. The first-order chi connectivity index (χ1) is 36.6. The molecule has 8 rings (SSSR count). The predicted molar refractivity (Wildman–Crippen MR) is 283 cm³/mol. The van der Waals surface area contributed by atoms with Crippen molar-refractivity contribution >= 4 is 23.9 Å². The summed E-state index contributed by atoms with van der Waals surface area (Å²) in [5, 5.41) is 8.67. The molecule has 18 nitrogen and oxygen atoms in total. The maximum atomic E-state index is 15.6. The maximum Gasteiger partial charge on any atom is 0.337 e. The van der Waals surface area contributed by atoms with Crippen LogP contribution in [0.15, 0.2) is 128 Å². The van der Waals surface area contributed by atoms with E-state index in [1.54, 1.807) is 68.3 Å². The standard InChI is InChI=1S/C57H70N10O8/c1-5-6-32-75-57(44-12-8-7-9-13-44)37-65(38-57)54(69)51(34-42-18-22-48(73-3)23-19-42)67(55(70)60-28-24-45-35-58-39-61-45)66(31-27-46-36-59-40-62-46)56(71)63-50(33-41-16-20-47(72-2)21-17-41)53(68)64-29-25-43(26-30-64)49-14-10-11-15-52(49)74-4/h7-23,35-36,39-40,43,50-51H,5-6,24-34,37-38H2,1-4H3,(H,58,61)(H,59,62)(H,60,70)(H,63,71). The van der Waals surface area contributed by atoms with E-state index >= 15 is 19.2 Å². The Bertz CT molecular complexity index is 2730. The smallest absolute Gasteiger partial charge is 0.337 e. The van der Waals surface area contributed by atoms with Crippen molar-refractivity contribution in [3.8, 4) is 17.2 Å².